The molecule has 15 heavy (non-hydrogen) atoms. The average Bonchev–Trinajstić information content (AvgIpc) is 2.70. The van der Waals surface area contributed by atoms with E-state index >= 15 is 0 Å². The SMILES string of the molecule is CC1(C)[C@@H](C(=O)O)[C@@H]1c1ccc(Cl)cc1. The Labute approximate surface area is 93.9 Å². The van der Waals surface area contributed by atoms with E-state index in [1.807, 2.05) is 38.1 Å². The molecule has 1 N–H and O–H groups in total. The smallest absolute Gasteiger partial charge is 0.307 e. The van der Waals surface area contributed by atoms with Crippen LogP contribution in [0.5, 0.6) is 0 Å². The number of carboxylic acids is 1. The monoisotopic (exact) mass is 224 g/mol. The first kappa shape index (κ1) is 10.5. The van der Waals surface area contributed by atoms with Crippen LogP contribution in [0, 0.1) is 11.3 Å². The number of carboxylic acid groups (broad SMARTS) is 1. The number of hydrogen-bond acceptors (Lipinski definition) is 1. The van der Waals surface area contributed by atoms with E-state index in [9.17, 15) is 4.79 Å². The van der Waals surface area contributed by atoms with Gasteiger partial charge in [-0.15, -0.1) is 0 Å². The summed E-state index contributed by atoms with van der Waals surface area (Å²) in [4.78, 5) is 11.0. The van der Waals surface area contributed by atoms with Crippen molar-refractivity contribution in [2.24, 2.45) is 11.3 Å². The fourth-order valence-corrected chi connectivity index (χ4v) is 2.52. The van der Waals surface area contributed by atoms with Crippen LogP contribution in [0.1, 0.15) is 25.3 Å². The summed E-state index contributed by atoms with van der Waals surface area (Å²) in [5.41, 5.74) is 0.927. The summed E-state index contributed by atoms with van der Waals surface area (Å²) >= 11 is 5.79. The van der Waals surface area contributed by atoms with Gasteiger partial charge in [-0.05, 0) is 23.1 Å². The number of rotatable bonds is 2. The van der Waals surface area contributed by atoms with Crippen LogP contribution >= 0.6 is 11.6 Å². The number of halogens is 1. The molecule has 2 atom stereocenters. The van der Waals surface area contributed by atoms with E-state index in [0.29, 0.717) is 5.02 Å². The minimum Gasteiger partial charge on any atom is -0.481 e. The number of benzene rings is 1. The first-order valence-corrected chi connectivity index (χ1v) is 5.30. The molecule has 1 aliphatic carbocycles. The van der Waals surface area contributed by atoms with E-state index in [2.05, 4.69) is 0 Å². The van der Waals surface area contributed by atoms with Gasteiger partial charge in [-0.2, -0.15) is 0 Å². The summed E-state index contributed by atoms with van der Waals surface area (Å²) in [6.07, 6.45) is 0. The van der Waals surface area contributed by atoms with Crippen LogP contribution in [-0.4, -0.2) is 11.1 Å². The molecule has 0 radical (unpaired) electrons. The van der Waals surface area contributed by atoms with Crippen molar-refractivity contribution >= 4 is 17.6 Å². The normalized spacial score (nSPS) is 27.4. The van der Waals surface area contributed by atoms with Crippen molar-refractivity contribution in [3.05, 3.63) is 34.9 Å². The van der Waals surface area contributed by atoms with Crippen molar-refractivity contribution in [3.63, 3.8) is 0 Å². The van der Waals surface area contributed by atoms with Gasteiger partial charge in [0.1, 0.15) is 0 Å². The van der Waals surface area contributed by atoms with Gasteiger partial charge < -0.3 is 5.11 Å². The number of hydrogen-bond donors (Lipinski definition) is 1. The maximum Gasteiger partial charge on any atom is 0.307 e. The van der Waals surface area contributed by atoms with Crippen molar-refractivity contribution in [1.82, 2.24) is 0 Å². The highest BCUT2D eigenvalue weighted by Crippen LogP contribution is 2.64. The van der Waals surface area contributed by atoms with Gasteiger partial charge in [-0.1, -0.05) is 37.6 Å². The largest absolute Gasteiger partial charge is 0.481 e. The molecule has 0 amide bonds. The van der Waals surface area contributed by atoms with Crippen molar-refractivity contribution in [2.75, 3.05) is 0 Å². The molecule has 1 fully saturated rings. The average molecular weight is 225 g/mol. The van der Waals surface area contributed by atoms with E-state index in [0.717, 1.165) is 5.56 Å². The van der Waals surface area contributed by atoms with Crippen LogP contribution in [-0.2, 0) is 4.79 Å². The lowest BCUT2D eigenvalue weighted by Gasteiger charge is -2.02. The zero-order valence-electron chi connectivity index (χ0n) is 8.70. The van der Waals surface area contributed by atoms with Gasteiger partial charge in [0.25, 0.3) is 0 Å². The first-order valence-electron chi connectivity index (χ1n) is 4.93. The molecule has 1 aromatic rings. The van der Waals surface area contributed by atoms with Gasteiger partial charge in [0, 0.05) is 10.9 Å². The maximum absolute atomic E-state index is 11.0. The van der Waals surface area contributed by atoms with Gasteiger partial charge in [0.15, 0.2) is 0 Å². The molecule has 1 aromatic carbocycles. The second kappa shape index (κ2) is 3.24. The highest BCUT2D eigenvalue weighted by molar-refractivity contribution is 6.30. The first-order chi connectivity index (χ1) is 6.94. The van der Waals surface area contributed by atoms with E-state index < -0.39 is 5.97 Å². The Morgan fingerprint density at radius 1 is 1.33 bits per heavy atom. The molecule has 0 saturated heterocycles. The maximum atomic E-state index is 11.0. The third-order valence-corrected chi connectivity index (χ3v) is 3.57. The molecule has 1 saturated carbocycles. The van der Waals surface area contributed by atoms with E-state index in [1.54, 1.807) is 0 Å². The van der Waals surface area contributed by atoms with E-state index in [-0.39, 0.29) is 17.3 Å². The molecule has 3 heteroatoms. The molecular formula is C12H13ClO2. The van der Waals surface area contributed by atoms with Crippen LogP contribution in [0.15, 0.2) is 24.3 Å². The third kappa shape index (κ3) is 1.63. The summed E-state index contributed by atoms with van der Waals surface area (Å²) in [5, 5.41) is 9.73. The minimum absolute atomic E-state index is 0.118. The molecule has 1 aliphatic rings. The lowest BCUT2D eigenvalue weighted by atomic mass is 10.0. The standard InChI is InChI=1S/C12H13ClO2/c1-12(2)9(10(12)11(14)15)7-3-5-8(13)6-4-7/h3-6,9-10H,1-2H3,(H,14,15)/t9-,10+/m0/s1. The predicted octanol–water partition coefficient (Wildman–Crippen LogP) is 3.16. The Hall–Kier alpha value is -1.02. The third-order valence-electron chi connectivity index (χ3n) is 3.32. The van der Waals surface area contributed by atoms with Crippen LogP contribution < -0.4 is 0 Å². The van der Waals surface area contributed by atoms with Crippen molar-refractivity contribution in [3.8, 4) is 0 Å². The fraction of sp³-hybridized carbons (Fsp3) is 0.417. The van der Waals surface area contributed by atoms with Gasteiger partial charge >= 0.3 is 5.97 Å². The summed E-state index contributed by atoms with van der Waals surface area (Å²) in [6.45, 7) is 3.98. The predicted molar refractivity (Wildman–Crippen MR) is 59.1 cm³/mol. The Bertz CT molecular complexity index is 395. The summed E-state index contributed by atoms with van der Waals surface area (Å²) in [7, 11) is 0. The highest BCUT2D eigenvalue weighted by atomic mass is 35.5. The molecule has 0 unspecified atom stereocenters. The second-order valence-corrected chi connectivity index (χ2v) is 5.10. The van der Waals surface area contributed by atoms with Gasteiger partial charge in [0.05, 0.1) is 5.92 Å². The Morgan fingerprint density at radius 3 is 2.27 bits per heavy atom. The molecule has 0 aliphatic heterocycles. The lowest BCUT2D eigenvalue weighted by Crippen LogP contribution is -2.03. The minimum atomic E-state index is -0.708. The quantitative estimate of drug-likeness (QED) is 0.838. The molecule has 0 heterocycles. The summed E-state index contributed by atoms with van der Waals surface area (Å²) < 4.78 is 0. The van der Waals surface area contributed by atoms with Crippen LogP contribution in [0.25, 0.3) is 0 Å². The zero-order chi connectivity index (χ0) is 11.2. The number of carbonyl (C=O) groups is 1. The van der Waals surface area contributed by atoms with Gasteiger partial charge in [-0.25, -0.2) is 0 Å². The van der Waals surface area contributed by atoms with Crippen molar-refractivity contribution in [2.45, 2.75) is 19.8 Å². The molecule has 2 rings (SSSR count). The molecule has 2 nitrogen and oxygen atoms in total. The molecule has 0 aromatic heterocycles. The van der Waals surface area contributed by atoms with Gasteiger partial charge in [-0.3, -0.25) is 4.79 Å². The van der Waals surface area contributed by atoms with Crippen LogP contribution in [0.4, 0.5) is 0 Å². The zero-order valence-corrected chi connectivity index (χ0v) is 9.45. The lowest BCUT2D eigenvalue weighted by molar-refractivity contribution is -0.139. The van der Waals surface area contributed by atoms with Crippen LogP contribution in [0.3, 0.4) is 0 Å². The Kier molecular flexibility index (Phi) is 2.27. The second-order valence-electron chi connectivity index (χ2n) is 4.67. The van der Waals surface area contributed by atoms with Crippen LogP contribution in [0.2, 0.25) is 5.02 Å². The molecular weight excluding hydrogens is 212 g/mol. The number of aliphatic carboxylic acids is 1. The topological polar surface area (TPSA) is 37.3 Å². The van der Waals surface area contributed by atoms with E-state index in [1.165, 1.54) is 0 Å². The van der Waals surface area contributed by atoms with Crippen molar-refractivity contribution in [1.29, 1.82) is 0 Å². The summed E-state index contributed by atoms with van der Waals surface area (Å²) in [6, 6.07) is 7.45. The molecule has 0 bridgehead atoms. The molecule has 80 valence electrons. The van der Waals surface area contributed by atoms with Gasteiger partial charge in [0.2, 0.25) is 0 Å². The Balaban J connectivity index is 2.27. The molecule has 0 spiro atoms. The summed E-state index contributed by atoms with van der Waals surface area (Å²) in [5.74, 6) is -0.856. The fourth-order valence-electron chi connectivity index (χ4n) is 2.39. The van der Waals surface area contributed by atoms with E-state index in [4.69, 9.17) is 16.7 Å². The Morgan fingerprint density at radius 2 is 1.87 bits per heavy atom. The van der Waals surface area contributed by atoms with Crippen molar-refractivity contribution < 1.29 is 9.90 Å². The highest BCUT2D eigenvalue weighted by Gasteiger charge is 2.62.